The molecule has 0 saturated carbocycles. The Morgan fingerprint density at radius 2 is 2.12 bits per heavy atom. The molecule has 0 unspecified atom stereocenters. The maximum atomic E-state index is 11.5. The lowest BCUT2D eigenvalue weighted by Crippen LogP contribution is -2.37. The standard InChI is InChI=1S/C11H21N5O/c1-5-12-11(17)8-16(6-2)7-10-14-13-9(3)15(10)4/h5-8H2,1-4H3,(H,12,17). The molecule has 0 fully saturated rings. The van der Waals surface area contributed by atoms with E-state index in [1.165, 1.54) is 0 Å². The average Bonchev–Trinajstić information content (AvgIpc) is 2.60. The van der Waals surface area contributed by atoms with E-state index in [9.17, 15) is 4.79 Å². The van der Waals surface area contributed by atoms with Crippen molar-refractivity contribution in [2.24, 2.45) is 7.05 Å². The van der Waals surface area contributed by atoms with Gasteiger partial charge in [0.05, 0.1) is 13.1 Å². The minimum atomic E-state index is 0.0493. The van der Waals surface area contributed by atoms with Crippen LogP contribution in [0.1, 0.15) is 25.5 Å². The van der Waals surface area contributed by atoms with Crippen LogP contribution in [0.3, 0.4) is 0 Å². The van der Waals surface area contributed by atoms with E-state index in [1.807, 2.05) is 37.3 Å². The number of carbonyl (C=O) groups is 1. The summed E-state index contributed by atoms with van der Waals surface area (Å²) < 4.78 is 1.94. The highest BCUT2D eigenvalue weighted by Gasteiger charge is 2.12. The molecule has 1 aromatic rings. The third kappa shape index (κ3) is 3.81. The molecule has 17 heavy (non-hydrogen) atoms. The van der Waals surface area contributed by atoms with Crippen LogP contribution in [-0.4, -0.2) is 45.2 Å². The van der Waals surface area contributed by atoms with Gasteiger partial charge in [0.15, 0.2) is 0 Å². The van der Waals surface area contributed by atoms with Gasteiger partial charge < -0.3 is 9.88 Å². The van der Waals surface area contributed by atoms with Crippen LogP contribution in [-0.2, 0) is 18.4 Å². The van der Waals surface area contributed by atoms with Gasteiger partial charge in [0.2, 0.25) is 5.91 Å². The van der Waals surface area contributed by atoms with E-state index in [0.717, 1.165) is 18.2 Å². The van der Waals surface area contributed by atoms with Gasteiger partial charge in [0.1, 0.15) is 11.6 Å². The lowest BCUT2D eigenvalue weighted by molar-refractivity contribution is -0.122. The molecular formula is C11H21N5O. The number of amides is 1. The van der Waals surface area contributed by atoms with Crippen LogP contribution in [0.4, 0.5) is 0 Å². The summed E-state index contributed by atoms with van der Waals surface area (Å²) in [5.74, 6) is 1.82. The Hall–Kier alpha value is -1.43. The van der Waals surface area contributed by atoms with E-state index in [0.29, 0.717) is 19.6 Å². The Labute approximate surface area is 102 Å². The maximum Gasteiger partial charge on any atom is 0.234 e. The molecule has 0 saturated heterocycles. The number of nitrogens with zero attached hydrogens (tertiary/aromatic N) is 4. The van der Waals surface area contributed by atoms with Crippen molar-refractivity contribution in [3.8, 4) is 0 Å². The lowest BCUT2D eigenvalue weighted by atomic mass is 10.4. The minimum Gasteiger partial charge on any atom is -0.355 e. The van der Waals surface area contributed by atoms with E-state index in [-0.39, 0.29) is 5.91 Å². The molecule has 0 atom stereocenters. The largest absolute Gasteiger partial charge is 0.355 e. The third-order valence-corrected chi connectivity index (χ3v) is 2.74. The van der Waals surface area contributed by atoms with Gasteiger partial charge in [-0.3, -0.25) is 9.69 Å². The molecule has 0 aromatic carbocycles. The summed E-state index contributed by atoms with van der Waals surface area (Å²) in [6.45, 7) is 8.38. The molecular weight excluding hydrogens is 218 g/mol. The van der Waals surface area contributed by atoms with Crippen molar-refractivity contribution in [3.05, 3.63) is 11.6 Å². The first kappa shape index (κ1) is 13.6. The van der Waals surface area contributed by atoms with E-state index in [4.69, 9.17) is 0 Å². The number of hydrogen-bond donors (Lipinski definition) is 1. The zero-order valence-corrected chi connectivity index (χ0v) is 11.0. The Morgan fingerprint density at radius 3 is 2.59 bits per heavy atom. The van der Waals surface area contributed by atoms with Crippen LogP contribution >= 0.6 is 0 Å². The first-order valence-corrected chi connectivity index (χ1v) is 5.92. The Morgan fingerprint density at radius 1 is 1.41 bits per heavy atom. The molecule has 1 amide bonds. The molecule has 0 aliphatic rings. The Balaban J connectivity index is 2.58. The van der Waals surface area contributed by atoms with Crippen LogP contribution in [0.15, 0.2) is 0 Å². The predicted molar refractivity (Wildman–Crippen MR) is 65.4 cm³/mol. The first-order chi connectivity index (χ1) is 8.08. The number of aryl methyl sites for hydroxylation is 1. The predicted octanol–water partition coefficient (Wildman–Crippen LogP) is 0.0815. The summed E-state index contributed by atoms with van der Waals surface area (Å²) in [6.07, 6.45) is 0. The second-order valence-electron chi connectivity index (χ2n) is 3.98. The van der Waals surface area contributed by atoms with Gasteiger partial charge in [-0.1, -0.05) is 6.92 Å². The maximum absolute atomic E-state index is 11.5. The van der Waals surface area contributed by atoms with Crippen LogP contribution in [0.2, 0.25) is 0 Å². The highest BCUT2D eigenvalue weighted by atomic mass is 16.2. The summed E-state index contributed by atoms with van der Waals surface area (Å²) in [5.41, 5.74) is 0. The quantitative estimate of drug-likeness (QED) is 0.763. The highest BCUT2D eigenvalue weighted by Crippen LogP contribution is 2.02. The van der Waals surface area contributed by atoms with Gasteiger partial charge in [0.25, 0.3) is 0 Å². The van der Waals surface area contributed by atoms with E-state index in [1.54, 1.807) is 0 Å². The number of aromatic nitrogens is 3. The van der Waals surface area contributed by atoms with Gasteiger partial charge in [-0.05, 0) is 20.4 Å². The minimum absolute atomic E-state index is 0.0493. The SMILES string of the molecule is CCNC(=O)CN(CC)Cc1nnc(C)n1C. The monoisotopic (exact) mass is 239 g/mol. The van der Waals surface area contributed by atoms with Crippen molar-refractivity contribution in [1.82, 2.24) is 25.0 Å². The Bertz CT molecular complexity index is 374. The topological polar surface area (TPSA) is 63.1 Å². The zero-order chi connectivity index (χ0) is 12.8. The lowest BCUT2D eigenvalue weighted by Gasteiger charge is -2.18. The van der Waals surface area contributed by atoms with Crippen LogP contribution < -0.4 is 5.32 Å². The molecule has 96 valence electrons. The highest BCUT2D eigenvalue weighted by molar-refractivity contribution is 5.77. The average molecular weight is 239 g/mol. The van der Waals surface area contributed by atoms with Crippen molar-refractivity contribution < 1.29 is 4.79 Å². The molecule has 0 bridgehead atoms. The summed E-state index contributed by atoms with van der Waals surface area (Å²) in [6, 6.07) is 0. The molecule has 6 heteroatoms. The summed E-state index contributed by atoms with van der Waals surface area (Å²) in [7, 11) is 1.94. The van der Waals surface area contributed by atoms with E-state index >= 15 is 0 Å². The number of hydrogen-bond acceptors (Lipinski definition) is 4. The molecule has 1 rings (SSSR count). The molecule has 0 aliphatic heterocycles. The summed E-state index contributed by atoms with van der Waals surface area (Å²) in [5, 5.41) is 10.9. The van der Waals surface area contributed by atoms with Crippen molar-refractivity contribution in [3.63, 3.8) is 0 Å². The fourth-order valence-corrected chi connectivity index (χ4v) is 1.52. The van der Waals surface area contributed by atoms with Gasteiger partial charge in [-0.25, -0.2) is 0 Å². The number of rotatable bonds is 6. The van der Waals surface area contributed by atoms with E-state index < -0.39 is 0 Å². The number of nitrogens with one attached hydrogen (secondary N) is 1. The first-order valence-electron chi connectivity index (χ1n) is 5.92. The molecule has 0 aliphatic carbocycles. The third-order valence-electron chi connectivity index (χ3n) is 2.74. The summed E-state index contributed by atoms with van der Waals surface area (Å²) >= 11 is 0. The van der Waals surface area contributed by atoms with Gasteiger partial charge in [0, 0.05) is 13.6 Å². The van der Waals surface area contributed by atoms with Gasteiger partial charge in [-0.15, -0.1) is 10.2 Å². The number of carbonyl (C=O) groups excluding carboxylic acids is 1. The smallest absolute Gasteiger partial charge is 0.234 e. The molecule has 1 aromatic heterocycles. The van der Waals surface area contributed by atoms with Crippen molar-refractivity contribution in [2.75, 3.05) is 19.6 Å². The second kappa shape index (κ2) is 6.34. The fourth-order valence-electron chi connectivity index (χ4n) is 1.52. The van der Waals surface area contributed by atoms with Crippen LogP contribution in [0, 0.1) is 6.92 Å². The second-order valence-corrected chi connectivity index (χ2v) is 3.98. The van der Waals surface area contributed by atoms with Crippen molar-refractivity contribution in [2.45, 2.75) is 27.3 Å². The Kier molecular flexibility index (Phi) is 5.09. The van der Waals surface area contributed by atoms with E-state index in [2.05, 4.69) is 15.5 Å². The number of likely N-dealkylation sites (N-methyl/N-ethyl adjacent to an activating group) is 2. The van der Waals surface area contributed by atoms with Gasteiger partial charge in [-0.2, -0.15) is 0 Å². The fraction of sp³-hybridized carbons (Fsp3) is 0.727. The molecule has 0 spiro atoms. The van der Waals surface area contributed by atoms with Gasteiger partial charge >= 0.3 is 0 Å². The van der Waals surface area contributed by atoms with Crippen molar-refractivity contribution in [1.29, 1.82) is 0 Å². The van der Waals surface area contributed by atoms with Crippen molar-refractivity contribution >= 4 is 5.91 Å². The van der Waals surface area contributed by atoms with Crippen LogP contribution in [0.25, 0.3) is 0 Å². The van der Waals surface area contributed by atoms with Crippen LogP contribution in [0.5, 0.6) is 0 Å². The molecule has 6 nitrogen and oxygen atoms in total. The molecule has 1 heterocycles. The molecule has 1 N–H and O–H groups in total. The molecule has 0 radical (unpaired) electrons. The summed E-state index contributed by atoms with van der Waals surface area (Å²) in [4.78, 5) is 13.5. The zero-order valence-electron chi connectivity index (χ0n) is 11.0. The normalized spacial score (nSPS) is 10.9.